The van der Waals surface area contributed by atoms with Crippen molar-refractivity contribution in [2.75, 3.05) is 21.3 Å². The summed E-state index contributed by atoms with van der Waals surface area (Å²) in [6.45, 7) is 0.504. The van der Waals surface area contributed by atoms with E-state index in [0.29, 0.717) is 28.6 Å². The second kappa shape index (κ2) is 14.2. The number of rotatable bonds is 12. The van der Waals surface area contributed by atoms with E-state index in [1.54, 1.807) is 50.5 Å². The highest BCUT2D eigenvalue weighted by molar-refractivity contribution is 6.30. The molecule has 0 aliphatic rings. The third-order valence-electron chi connectivity index (χ3n) is 6.69. The topological polar surface area (TPSA) is 77.1 Å². The van der Waals surface area contributed by atoms with Gasteiger partial charge >= 0.3 is 0 Å². The highest BCUT2D eigenvalue weighted by Crippen LogP contribution is 2.30. The van der Waals surface area contributed by atoms with Crippen molar-refractivity contribution in [1.29, 1.82) is 0 Å². The van der Waals surface area contributed by atoms with Crippen molar-refractivity contribution in [2.24, 2.45) is 0 Å². The number of carbonyl (C=O) groups excluding carboxylic acids is 2. The van der Waals surface area contributed by atoms with Crippen LogP contribution < -0.4 is 19.5 Å². The van der Waals surface area contributed by atoms with E-state index in [4.69, 9.17) is 25.8 Å². The average Bonchev–Trinajstić information content (AvgIpc) is 3.01. The fraction of sp³-hybridized carbons (Fsp3) is 0.212. The number of halogens is 1. The van der Waals surface area contributed by atoms with Gasteiger partial charge in [-0.05, 0) is 58.7 Å². The zero-order valence-corrected chi connectivity index (χ0v) is 24.1. The Labute approximate surface area is 245 Å². The fourth-order valence-electron chi connectivity index (χ4n) is 4.51. The molecule has 0 radical (unpaired) electrons. The molecule has 0 aliphatic heterocycles. The van der Waals surface area contributed by atoms with Crippen LogP contribution in [-0.2, 0) is 29.1 Å². The molecule has 0 fully saturated rings. The summed E-state index contributed by atoms with van der Waals surface area (Å²) >= 11 is 6.12. The Kier molecular flexibility index (Phi) is 10.2. The summed E-state index contributed by atoms with van der Waals surface area (Å²) in [7, 11) is 4.72. The lowest BCUT2D eigenvalue weighted by atomic mass is 10.0. The monoisotopic (exact) mass is 572 g/mol. The molecule has 212 valence electrons. The predicted molar refractivity (Wildman–Crippen MR) is 159 cm³/mol. The second-order valence-corrected chi connectivity index (χ2v) is 9.83. The minimum absolute atomic E-state index is 0.0586. The van der Waals surface area contributed by atoms with Crippen LogP contribution in [0.15, 0.2) is 97.1 Å². The molecular weight excluding hydrogens is 540 g/mol. The number of amides is 2. The molecule has 0 aliphatic carbocycles. The summed E-state index contributed by atoms with van der Waals surface area (Å²) in [5, 5.41) is 3.62. The third kappa shape index (κ3) is 7.80. The van der Waals surface area contributed by atoms with Crippen LogP contribution in [0.25, 0.3) is 0 Å². The van der Waals surface area contributed by atoms with Gasteiger partial charge in [-0.1, -0.05) is 72.3 Å². The molecule has 0 unspecified atom stereocenters. The van der Waals surface area contributed by atoms with Gasteiger partial charge < -0.3 is 24.4 Å². The first-order valence-corrected chi connectivity index (χ1v) is 13.5. The van der Waals surface area contributed by atoms with Crippen molar-refractivity contribution in [2.45, 2.75) is 25.6 Å². The van der Waals surface area contributed by atoms with Crippen molar-refractivity contribution < 1.29 is 23.8 Å². The van der Waals surface area contributed by atoms with Crippen LogP contribution in [0.4, 0.5) is 0 Å². The van der Waals surface area contributed by atoms with E-state index in [0.717, 1.165) is 22.4 Å². The molecule has 1 atom stereocenters. The summed E-state index contributed by atoms with van der Waals surface area (Å²) in [4.78, 5) is 29.5. The van der Waals surface area contributed by atoms with Gasteiger partial charge in [-0.25, -0.2) is 0 Å². The van der Waals surface area contributed by atoms with Crippen molar-refractivity contribution >= 4 is 23.4 Å². The van der Waals surface area contributed by atoms with Gasteiger partial charge in [0, 0.05) is 18.1 Å². The highest BCUT2D eigenvalue weighted by atomic mass is 35.5. The molecular formula is C33H33ClN2O5. The molecule has 4 rings (SSSR count). The third-order valence-corrected chi connectivity index (χ3v) is 6.94. The first kappa shape index (κ1) is 29.5. The maximum Gasteiger partial charge on any atom is 0.247 e. The van der Waals surface area contributed by atoms with Crippen molar-refractivity contribution in [3.8, 4) is 17.2 Å². The number of hydrogen-bond acceptors (Lipinski definition) is 5. The number of hydrogen-bond donors (Lipinski definition) is 1. The van der Waals surface area contributed by atoms with Crippen molar-refractivity contribution in [3.63, 3.8) is 0 Å². The van der Waals surface area contributed by atoms with E-state index < -0.39 is 6.04 Å². The summed E-state index contributed by atoms with van der Waals surface area (Å²) < 4.78 is 16.0. The minimum Gasteiger partial charge on any atom is -0.497 e. The van der Waals surface area contributed by atoms with Gasteiger partial charge in [0.25, 0.3) is 0 Å². The smallest absolute Gasteiger partial charge is 0.247 e. The molecule has 4 aromatic carbocycles. The molecule has 0 bridgehead atoms. The quantitative estimate of drug-likeness (QED) is 0.225. The van der Waals surface area contributed by atoms with Crippen molar-refractivity contribution in [3.05, 3.63) is 124 Å². The van der Waals surface area contributed by atoms with Crippen LogP contribution >= 0.6 is 11.6 Å². The Bertz CT molecular complexity index is 1440. The van der Waals surface area contributed by atoms with E-state index in [9.17, 15) is 9.59 Å². The summed E-state index contributed by atoms with van der Waals surface area (Å²) in [6.07, 6.45) is 0.0586. The molecule has 4 aromatic rings. The second-order valence-electron chi connectivity index (χ2n) is 9.39. The Hall–Kier alpha value is -4.49. The van der Waals surface area contributed by atoms with E-state index in [1.165, 1.54) is 0 Å². The molecule has 0 spiro atoms. The molecule has 41 heavy (non-hydrogen) atoms. The van der Waals surface area contributed by atoms with E-state index >= 15 is 0 Å². The zero-order valence-electron chi connectivity index (χ0n) is 23.3. The predicted octanol–water partition coefficient (Wildman–Crippen LogP) is 5.99. The van der Waals surface area contributed by atoms with Gasteiger partial charge in [-0.3, -0.25) is 9.59 Å². The summed E-state index contributed by atoms with van der Waals surface area (Å²) in [5.41, 5.74) is 3.19. The number of nitrogens with zero attached hydrogens (tertiary/aromatic N) is 1. The maximum atomic E-state index is 14.0. The Morgan fingerprint density at radius 2 is 1.39 bits per heavy atom. The largest absolute Gasteiger partial charge is 0.497 e. The zero-order chi connectivity index (χ0) is 29.2. The lowest BCUT2D eigenvalue weighted by Gasteiger charge is -2.32. The van der Waals surface area contributed by atoms with Crippen LogP contribution in [0.5, 0.6) is 17.2 Å². The summed E-state index contributed by atoms with van der Waals surface area (Å²) in [5.74, 6) is 1.32. The maximum absolute atomic E-state index is 14.0. The Morgan fingerprint density at radius 1 is 0.756 bits per heavy atom. The molecule has 0 aromatic heterocycles. The summed E-state index contributed by atoms with van der Waals surface area (Å²) in [6, 6.07) is 28.5. The normalized spacial score (nSPS) is 11.3. The van der Waals surface area contributed by atoms with Gasteiger partial charge in [0.1, 0.15) is 11.8 Å². The average molecular weight is 573 g/mol. The molecule has 1 N–H and O–H groups in total. The lowest BCUT2D eigenvalue weighted by Crippen LogP contribution is -2.43. The van der Waals surface area contributed by atoms with E-state index in [2.05, 4.69) is 5.32 Å². The molecule has 0 saturated carbocycles. The van der Waals surface area contributed by atoms with Crippen LogP contribution in [0.3, 0.4) is 0 Å². The Morgan fingerprint density at radius 3 is 2.02 bits per heavy atom. The highest BCUT2D eigenvalue weighted by Gasteiger charge is 2.31. The van der Waals surface area contributed by atoms with E-state index in [1.807, 2.05) is 72.8 Å². The molecule has 8 heteroatoms. The van der Waals surface area contributed by atoms with Crippen LogP contribution in [-0.4, -0.2) is 38.0 Å². The SMILES string of the molecule is COc1ccc(CNC(=O)[C@@H](c2ccccc2)N(Cc2ccc(Cl)cc2)C(=O)Cc2ccc(OC)c(OC)c2)cc1. The van der Waals surface area contributed by atoms with E-state index in [-0.39, 0.29) is 24.8 Å². The van der Waals surface area contributed by atoms with Gasteiger partial charge in [-0.15, -0.1) is 0 Å². The first-order valence-electron chi connectivity index (χ1n) is 13.1. The molecule has 0 saturated heterocycles. The number of nitrogens with one attached hydrogen (secondary N) is 1. The fourth-order valence-corrected chi connectivity index (χ4v) is 4.64. The minimum atomic E-state index is -0.877. The standard InChI is InChI=1S/C33H33ClN2O5/c1-39-28-16-11-23(12-17-28)21-35-33(38)32(26-7-5-4-6-8-26)36(22-24-9-14-27(34)15-10-24)31(37)20-25-13-18-29(40-2)30(19-25)41-3/h4-19,32H,20-22H2,1-3H3,(H,35,38)/t32-/m1/s1. The Balaban J connectivity index is 1.67. The number of carbonyl (C=O) groups is 2. The van der Waals surface area contributed by atoms with Crippen LogP contribution in [0, 0.1) is 0 Å². The van der Waals surface area contributed by atoms with Crippen LogP contribution in [0.1, 0.15) is 28.3 Å². The molecule has 7 nitrogen and oxygen atoms in total. The van der Waals surface area contributed by atoms with Crippen LogP contribution in [0.2, 0.25) is 5.02 Å². The van der Waals surface area contributed by atoms with Crippen molar-refractivity contribution in [1.82, 2.24) is 10.2 Å². The number of benzene rings is 4. The van der Waals surface area contributed by atoms with Gasteiger partial charge in [0.15, 0.2) is 11.5 Å². The molecule has 0 heterocycles. The van der Waals surface area contributed by atoms with Gasteiger partial charge in [0.05, 0.1) is 27.8 Å². The van der Waals surface area contributed by atoms with Gasteiger partial charge in [0.2, 0.25) is 11.8 Å². The first-order chi connectivity index (χ1) is 19.9. The lowest BCUT2D eigenvalue weighted by molar-refractivity contribution is -0.141. The van der Waals surface area contributed by atoms with Gasteiger partial charge in [-0.2, -0.15) is 0 Å². The molecule has 2 amide bonds. The number of methoxy groups -OCH3 is 3. The number of ether oxygens (including phenoxy) is 3.